The first-order chi connectivity index (χ1) is 13.9. The number of rotatable bonds is 6. The maximum absolute atomic E-state index is 12.6. The molecule has 0 saturated carbocycles. The van der Waals surface area contributed by atoms with E-state index in [1.54, 1.807) is 23.0 Å². The normalized spacial score (nSPS) is 10.8. The molecule has 1 amide bonds. The van der Waals surface area contributed by atoms with Crippen LogP contribution < -0.4 is 5.32 Å². The summed E-state index contributed by atoms with van der Waals surface area (Å²) >= 11 is 3.40. The lowest BCUT2D eigenvalue weighted by Gasteiger charge is -2.12. The quantitative estimate of drug-likeness (QED) is 0.560. The molecule has 0 aliphatic rings. The molecule has 1 N–H and O–H groups in total. The molecule has 2 aromatic heterocycles. The molecule has 0 aliphatic heterocycles. The van der Waals surface area contributed by atoms with Crippen LogP contribution in [0.25, 0.3) is 5.82 Å². The van der Waals surface area contributed by atoms with Gasteiger partial charge >= 0.3 is 5.97 Å². The molecule has 0 fully saturated rings. The minimum atomic E-state index is -0.603. The first kappa shape index (κ1) is 20.7. The van der Waals surface area contributed by atoms with E-state index in [0.29, 0.717) is 22.8 Å². The predicted molar refractivity (Wildman–Crippen MR) is 113 cm³/mol. The second-order valence-corrected chi connectivity index (χ2v) is 7.66. The second kappa shape index (κ2) is 9.00. The van der Waals surface area contributed by atoms with Crippen molar-refractivity contribution in [1.82, 2.24) is 14.8 Å². The largest absolute Gasteiger partial charge is 0.452 e. The van der Waals surface area contributed by atoms with E-state index in [4.69, 9.17) is 4.74 Å². The molecule has 29 heavy (non-hydrogen) atoms. The van der Waals surface area contributed by atoms with Crippen LogP contribution in [0.5, 0.6) is 0 Å². The number of ether oxygens (including phenoxy) is 1. The standard InChI is InChI=1S/C21H21BrN4O3/c1-13(2)20-15(11-24-26(20)18-6-4-5-9-23-18)21(28)29-12-19(27)25-17-8-7-14(3)10-16(17)22/h4-11,13H,12H2,1-3H3,(H,25,27). The third-order valence-electron chi connectivity index (χ3n) is 4.17. The average Bonchev–Trinajstić information content (AvgIpc) is 3.14. The molecular formula is C21H21BrN4O3. The number of carbonyl (C=O) groups is 2. The summed E-state index contributed by atoms with van der Waals surface area (Å²) in [6.07, 6.45) is 3.10. The summed E-state index contributed by atoms with van der Waals surface area (Å²) in [5.41, 5.74) is 2.67. The number of aromatic nitrogens is 3. The molecule has 0 bridgehead atoms. The van der Waals surface area contributed by atoms with Crippen molar-refractivity contribution < 1.29 is 14.3 Å². The van der Waals surface area contributed by atoms with Gasteiger partial charge in [-0.1, -0.05) is 26.0 Å². The summed E-state index contributed by atoms with van der Waals surface area (Å²) in [6.45, 7) is 5.46. The molecule has 7 nitrogen and oxygen atoms in total. The number of pyridine rings is 1. The zero-order valence-electron chi connectivity index (χ0n) is 16.3. The van der Waals surface area contributed by atoms with Crippen LogP contribution in [0.1, 0.15) is 41.4 Å². The van der Waals surface area contributed by atoms with Gasteiger partial charge in [0, 0.05) is 10.7 Å². The minimum absolute atomic E-state index is 0.000559. The van der Waals surface area contributed by atoms with Crippen LogP contribution in [0.2, 0.25) is 0 Å². The molecule has 0 atom stereocenters. The van der Waals surface area contributed by atoms with E-state index in [-0.39, 0.29) is 5.92 Å². The summed E-state index contributed by atoms with van der Waals surface area (Å²) < 4.78 is 7.60. The van der Waals surface area contributed by atoms with Crippen LogP contribution in [0.4, 0.5) is 5.69 Å². The average molecular weight is 457 g/mol. The van der Waals surface area contributed by atoms with E-state index < -0.39 is 18.5 Å². The highest BCUT2D eigenvalue weighted by Crippen LogP contribution is 2.24. The van der Waals surface area contributed by atoms with Gasteiger partial charge in [0.05, 0.1) is 17.6 Å². The minimum Gasteiger partial charge on any atom is -0.452 e. The van der Waals surface area contributed by atoms with Crippen molar-refractivity contribution in [2.24, 2.45) is 0 Å². The third kappa shape index (κ3) is 4.89. The van der Waals surface area contributed by atoms with Crippen LogP contribution in [-0.4, -0.2) is 33.2 Å². The van der Waals surface area contributed by atoms with E-state index in [0.717, 1.165) is 10.0 Å². The summed E-state index contributed by atoms with van der Waals surface area (Å²) in [4.78, 5) is 29.1. The molecular weight excluding hydrogens is 436 g/mol. The number of aryl methyl sites for hydroxylation is 1. The topological polar surface area (TPSA) is 86.1 Å². The van der Waals surface area contributed by atoms with E-state index in [1.165, 1.54) is 6.20 Å². The maximum atomic E-state index is 12.6. The van der Waals surface area contributed by atoms with Gasteiger partial charge in [-0.25, -0.2) is 14.5 Å². The number of benzene rings is 1. The molecule has 1 aromatic carbocycles. The summed E-state index contributed by atoms with van der Waals surface area (Å²) in [5, 5.41) is 7.01. The van der Waals surface area contributed by atoms with Crippen molar-refractivity contribution in [2.75, 3.05) is 11.9 Å². The second-order valence-electron chi connectivity index (χ2n) is 6.81. The summed E-state index contributed by atoms with van der Waals surface area (Å²) in [5.74, 6) is -0.420. The molecule has 0 radical (unpaired) electrons. The van der Waals surface area contributed by atoms with Crippen LogP contribution in [0, 0.1) is 6.92 Å². The van der Waals surface area contributed by atoms with Crippen molar-refractivity contribution >= 4 is 33.5 Å². The van der Waals surface area contributed by atoms with Gasteiger partial charge in [0.2, 0.25) is 0 Å². The highest BCUT2D eigenvalue weighted by atomic mass is 79.9. The van der Waals surface area contributed by atoms with Gasteiger partial charge in [0.15, 0.2) is 12.4 Å². The smallest absolute Gasteiger partial charge is 0.342 e. The fourth-order valence-corrected chi connectivity index (χ4v) is 3.44. The molecule has 2 heterocycles. The Morgan fingerprint density at radius 2 is 2.03 bits per heavy atom. The molecule has 0 spiro atoms. The van der Waals surface area contributed by atoms with Gasteiger partial charge in [-0.15, -0.1) is 0 Å². The lowest BCUT2D eigenvalue weighted by molar-refractivity contribution is -0.119. The third-order valence-corrected chi connectivity index (χ3v) is 4.83. The van der Waals surface area contributed by atoms with E-state index in [1.807, 2.05) is 45.0 Å². The predicted octanol–water partition coefficient (Wildman–Crippen LogP) is 4.26. The number of nitrogens with one attached hydrogen (secondary N) is 1. The van der Waals surface area contributed by atoms with Crippen LogP contribution in [-0.2, 0) is 9.53 Å². The van der Waals surface area contributed by atoms with Gasteiger partial charge in [-0.2, -0.15) is 5.10 Å². The SMILES string of the molecule is Cc1ccc(NC(=O)COC(=O)c2cnn(-c3ccccn3)c2C(C)C)c(Br)c1. The van der Waals surface area contributed by atoms with E-state index in [2.05, 4.69) is 31.3 Å². The van der Waals surface area contributed by atoms with Gasteiger partial charge < -0.3 is 10.1 Å². The molecule has 0 aliphatic carbocycles. The Balaban J connectivity index is 1.71. The van der Waals surface area contributed by atoms with Crippen LogP contribution in [0.3, 0.4) is 0 Å². The Kier molecular flexibility index (Phi) is 6.43. The zero-order valence-corrected chi connectivity index (χ0v) is 17.9. The number of carbonyl (C=O) groups excluding carboxylic acids is 2. The lowest BCUT2D eigenvalue weighted by Crippen LogP contribution is -2.21. The van der Waals surface area contributed by atoms with Crippen molar-refractivity contribution in [2.45, 2.75) is 26.7 Å². The molecule has 150 valence electrons. The van der Waals surface area contributed by atoms with Gasteiger partial charge in [-0.3, -0.25) is 4.79 Å². The fourth-order valence-electron chi connectivity index (χ4n) is 2.85. The first-order valence-corrected chi connectivity index (χ1v) is 9.88. The number of halogens is 1. The number of hydrogen-bond acceptors (Lipinski definition) is 5. The van der Waals surface area contributed by atoms with Gasteiger partial charge in [0.1, 0.15) is 5.56 Å². The molecule has 0 saturated heterocycles. The Morgan fingerprint density at radius 3 is 2.69 bits per heavy atom. The molecule has 3 rings (SSSR count). The summed E-state index contributed by atoms with van der Waals surface area (Å²) in [6, 6.07) is 11.0. The zero-order chi connectivity index (χ0) is 21.0. The van der Waals surface area contributed by atoms with Crippen molar-refractivity contribution in [1.29, 1.82) is 0 Å². The number of anilines is 1. The van der Waals surface area contributed by atoms with Crippen molar-refractivity contribution in [3.05, 3.63) is 70.1 Å². The van der Waals surface area contributed by atoms with Gasteiger partial charge in [-0.05, 0) is 58.6 Å². The number of amides is 1. The lowest BCUT2D eigenvalue weighted by atomic mass is 10.1. The van der Waals surface area contributed by atoms with Gasteiger partial charge in [0.25, 0.3) is 5.91 Å². The molecule has 8 heteroatoms. The summed E-state index contributed by atoms with van der Waals surface area (Å²) in [7, 11) is 0. The van der Waals surface area contributed by atoms with Crippen LogP contribution in [0.15, 0.2) is 53.3 Å². The van der Waals surface area contributed by atoms with E-state index in [9.17, 15) is 9.59 Å². The van der Waals surface area contributed by atoms with E-state index >= 15 is 0 Å². The Labute approximate surface area is 177 Å². The first-order valence-electron chi connectivity index (χ1n) is 9.09. The monoisotopic (exact) mass is 456 g/mol. The fraction of sp³-hybridized carbons (Fsp3) is 0.238. The van der Waals surface area contributed by atoms with Crippen molar-refractivity contribution in [3.8, 4) is 5.82 Å². The molecule has 3 aromatic rings. The number of hydrogen-bond donors (Lipinski definition) is 1. The number of nitrogens with zero attached hydrogens (tertiary/aromatic N) is 3. The Hall–Kier alpha value is -3.00. The highest BCUT2D eigenvalue weighted by Gasteiger charge is 2.23. The highest BCUT2D eigenvalue weighted by molar-refractivity contribution is 9.10. The van der Waals surface area contributed by atoms with Crippen LogP contribution >= 0.6 is 15.9 Å². The Morgan fingerprint density at radius 1 is 1.24 bits per heavy atom. The number of esters is 1. The Bertz CT molecular complexity index is 1030. The maximum Gasteiger partial charge on any atom is 0.342 e. The van der Waals surface area contributed by atoms with Crippen molar-refractivity contribution in [3.63, 3.8) is 0 Å². The molecule has 0 unspecified atom stereocenters.